The zero-order chi connectivity index (χ0) is 11.3. The monoisotopic (exact) mass is 207 g/mol. The molecule has 0 unspecified atom stereocenters. The van der Waals surface area contributed by atoms with Gasteiger partial charge in [0.2, 0.25) is 0 Å². The van der Waals surface area contributed by atoms with Gasteiger partial charge in [-0.15, -0.1) is 0 Å². The number of ether oxygens (including phenoxy) is 2. The first kappa shape index (κ1) is 10.9. The van der Waals surface area contributed by atoms with E-state index in [1.807, 2.05) is 0 Å². The number of carbonyl (C=O) groups is 1. The van der Waals surface area contributed by atoms with Crippen LogP contribution < -0.4 is 4.74 Å². The van der Waals surface area contributed by atoms with E-state index < -0.39 is 5.97 Å². The van der Waals surface area contributed by atoms with Crippen LogP contribution >= 0.6 is 0 Å². The van der Waals surface area contributed by atoms with Gasteiger partial charge < -0.3 is 9.47 Å². The van der Waals surface area contributed by atoms with Crippen molar-refractivity contribution in [3.63, 3.8) is 0 Å². The third-order valence-corrected chi connectivity index (χ3v) is 1.76. The summed E-state index contributed by atoms with van der Waals surface area (Å²) in [5.41, 5.74) is 8.69. The third-order valence-electron chi connectivity index (χ3n) is 1.76. The van der Waals surface area contributed by atoms with Gasteiger partial charge in [-0.05, 0) is 23.7 Å². The number of azide groups is 1. The van der Waals surface area contributed by atoms with Crippen molar-refractivity contribution in [2.45, 2.75) is 0 Å². The van der Waals surface area contributed by atoms with Crippen molar-refractivity contribution in [1.82, 2.24) is 0 Å². The number of carbonyl (C=O) groups excluding carboxylic acids is 1. The molecule has 0 saturated carbocycles. The van der Waals surface area contributed by atoms with E-state index in [0.717, 1.165) is 0 Å². The van der Waals surface area contributed by atoms with E-state index in [1.165, 1.54) is 26.4 Å². The highest BCUT2D eigenvalue weighted by molar-refractivity contribution is 5.95. The largest absolute Gasteiger partial charge is 0.497 e. The molecule has 0 fully saturated rings. The van der Waals surface area contributed by atoms with Crippen molar-refractivity contribution in [3.05, 3.63) is 34.2 Å². The molecule has 78 valence electrons. The minimum absolute atomic E-state index is 0.176. The molecule has 0 aliphatic heterocycles. The number of nitrogens with zero attached hydrogens (tertiary/aromatic N) is 3. The summed E-state index contributed by atoms with van der Waals surface area (Å²) in [7, 11) is 2.73. The second kappa shape index (κ2) is 4.88. The highest BCUT2D eigenvalue weighted by Crippen LogP contribution is 2.25. The molecule has 0 radical (unpaired) electrons. The van der Waals surface area contributed by atoms with Crippen molar-refractivity contribution in [1.29, 1.82) is 0 Å². The molecule has 0 aromatic heterocycles. The van der Waals surface area contributed by atoms with Crippen molar-refractivity contribution in [2.75, 3.05) is 14.2 Å². The molecule has 0 heterocycles. The van der Waals surface area contributed by atoms with E-state index in [4.69, 9.17) is 10.3 Å². The lowest BCUT2D eigenvalue weighted by molar-refractivity contribution is 0.0601. The zero-order valence-electron chi connectivity index (χ0n) is 8.30. The molecule has 1 aromatic carbocycles. The van der Waals surface area contributed by atoms with E-state index in [9.17, 15) is 4.79 Å². The van der Waals surface area contributed by atoms with Crippen LogP contribution in [-0.4, -0.2) is 20.2 Å². The summed E-state index contributed by atoms with van der Waals surface area (Å²) in [5.74, 6) is -0.0800. The first-order valence-electron chi connectivity index (χ1n) is 4.04. The Bertz CT molecular complexity index is 425. The lowest BCUT2D eigenvalue weighted by Crippen LogP contribution is -2.01. The molecule has 0 N–H and O–H groups in total. The number of rotatable bonds is 3. The van der Waals surface area contributed by atoms with Crippen LogP contribution in [0.15, 0.2) is 23.3 Å². The molecule has 0 bridgehead atoms. The van der Waals surface area contributed by atoms with Crippen LogP contribution in [0.5, 0.6) is 5.75 Å². The first-order valence-corrected chi connectivity index (χ1v) is 4.04. The van der Waals surface area contributed by atoms with Gasteiger partial charge in [0.05, 0.1) is 25.5 Å². The van der Waals surface area contributed by atoms with Gasteiger partial charge in [0.1, 0.15) is 5.75 Å². The predicted molar refractivity (Wildman–Crippen MR) is 53.1 cm³/mol. The normalized spacial score (nSPS) is 8.93. The summed E-state index contributed by atoms with van der Waals surface area (Å²) in [5, 5.41) is 3.38. The second-order valence-electron chi connectivity index (χ2n) is 2.56. The quantitative estimate of drug-likeness (QED) is 0.330. The molecule has 1 aromatic rings. The predicted octanol–water partition coefficient (Wildman–Crippen LogP) is 2.42. The van der Waals surface area contributed by atoms with Gasteiger partial charge in [-0.2, -0.15) is 0 Å². The van der Waals surface area contributed by atoms with Gasteiger partial charge in [-0.1, -0.05) is 5.11 Å². The molecule has 1 rings (SSSR count). The molecular weight excluding hydrogens is 198 g/mol. The summed E-state index contributed by atoms with van der Waals surface area (Å²) in [6, 6.07) is 4.54. The Balaban J connectivity index is 3.27. The first-order chi connectivity index (χ1) is 7.22. The summed E-state index contributed by atoms with van der Waals surface area (Å²) in [6.07, 6.45) is 0. The fraction of sp³-hybridized carbons (Fsp3) is 0.222. The van der Waals surface area contributed by atoms with Crippen molar-refractivity contribution in [2.24, 2.45) is 5.11 Å². The summed E-state index contributed by atoms with van der Waals surface area (Å²) >= 11 is 0. The van der Waals surface area contributed by atoms with Crippen molar-refractivity contribution >= 4 is 11.7 Å². The number of hydrogen-bond donors (Lipinski definition) is 0. The number of hydrogen-bond acceptors (Lipinski definition) is 4. The lowest BCUT2D eigenvalue weighted by atomic mass is 10.2. The summed E-state index contributed by atoms with van der Waals surface area (Å²) < 4.78 is 9.49. The maximum absolute atomic E-state index is 11.3. The molecule has 6 nitrogen and oxygen atoms in total. The van der Waals surface area contributed by atoms with Crippen LogP contribution in [0.3, 0.4) is 0 Å². The molecule has 0 aliphatic rings. The molecular formula is C9H9N3O3. The Morgan fingerprint density at radius 1 is 1.47 bits per heavy atom. The molecule has 0 spiro atoms. The third kappa shape index (κ3) is 2.38. The van der Waals surface area contributed by atoms with E-state index in [0.29, 0.717) is 5.75 Å². The SMILES string of the molecule is COC(=O)c1cc(OC)ccc1N=[N+]=[N-]. The minimum Gasteiger partial charge on any atom is -0.497 e. The molecule has 0 atom stereocenters. The van der Waals surface area contributed by atoms with E-state index in [1.54, 1.807) is 6.07 Å². The number of benzene rings is 1. The molecule has 0 amide bonds. The average Bonchev–Trinajstić information content (AvgIpc) is 2.29. The Kier molecular flexibility index (Phi) is 3.54. The number of esters is 1. The Hall–Kier alpha value is -2.20. The van der Waals surface area contributed by atoms with Gasteiger partial charge in [-0.3, -0.25) is 0 Å². The van der Waals surface area contributed by atoms with Crippen LogP contribution in [0.25, 0.3) is 10.4 Å². The lowest BCUT2D eigenvalue weighted by Gasteiger charge is -2.05. The molecule has 0 aliphatic carbocycles. The fourth-order valence-electron chi connectivity index (χ4n) is 1.05. The topological polar surface area (TPSA) is 84.3 Å². The van der Waals surface area contributed by atoms with Gasteiger partial charge in [0.15, 0.2) is 0 Å². The van der Waals surface area contributed by atoms with E-state index in [2.05, 4.69) is 14.8 Å². The Labute approximate surface area is 86.0 Å². The van der Waals surface area contributed by atoms with Crippen LogP contribution in [0, 0.1) is 0 Å². The van der Waals surface area contributed by atoms with E-state index >= 15 is 0 Å². The zero-order valence-corrected chi connectivity index (χ0v) is 8.30. The summed E-state index contributed by atoms with van der Waals surface area (Å²) in [4.78, 5) is 13.9. The summed E-state index contributed by atoms with van der Waals surface area (Å²) in [6.45, 7) is 0. The van der Waals surface area contributed by atoms with Crippen LogP contribution in [0.2, 0.25) is 0 Å². The van der Waals surface area contributed by atoms with Gasteiger partial charge in [-0.25, -0.2) is 4.79 Å². The van der Waals surface area contributed by atoms with Gasteiger partial charge >= 0.3 is 5.97 Å². The molecule has 6 heteroatoms. The maximum atomic E-state index is 11.3. The number of methoxy groups -OCH3 is 2. The smallest absolute Gasteiger partial charge is 0.338 e. The standard InChI is InChI=1S/C9H9N3O3/c1-14-6-3-4-8(11-12-10)7(5-6)9(13)15-2/h3-5H,1-2H3. The maximum Gasteiger partial charge on any atom is 0.338 e. The van der Waals surface area contributed by atoms with Crippen LogP contribution in [-0.2, 0) is 4.74 Å². The second-order valence-corrected chi connectivity index (χ2v) is 2.56. The molecule has 0 saturated heterocycles. The van der Waals surface area contributed by atoms with Crippen molar-refractivity contribution in [3.8, 4) is 5.75 Å². The highest BCUT2D eigenvalue weighted by Gasteiger charge is 2.11. The van der Waals surface area contributed by atoms with Crippen LogP contribution in [0.4, 0.5) is 5.69 Å². The Morgan fingerprint density at radius 2 is 2.20 bits per heavy atom. The minimum atomic E-state index is -0.573. The molecule has 15 heavy (non-hydrogen) atoms. The van der Waals surface area contributed by atoms with Gasteiger partial charge in [0.25, 0.3) is 0 Å². The van der Waals surface area contributed by atoms with Gasteiger partial charge in [0, 0.05) is 4.91 Å². The Morgan fingerprint density at radius 3 is 2.73 bits per heavy atom. The average molecular weight is 207 g/mol. The van der Waals surface area contributed by atoms with Crippen molar-refractivity contribution < 1.29 is 14.3 Å². The van der Waals surface area contributed by atoms with E-state index in [-0.39, 0.29) is 11.3 Å². The highest BCUT2D eigenvalue weighted by atomic mass is 16.5. The van der Waals surface area contributed by atoms with Crippen LogP contribution in [0.1, 0.15) is 10.4 Å². The fourth-order valence-corrected chi connectivity index (χ4v) is 1.05.